The molecule has 3 fully saturated rings. The van der Waals surface area contributed by atoms with Crippen molar-refractivity contribution in [1.29, 1.82) is 0 Å². The van der Waals surface area contributed by atoms with Gasteiger partial charge in [-0.2, -0.15) is 11.8 Å². The van der Waals surface area contributed by atoms with Gasteiger partial charge >= 0.3 is 6.03 Å². The first-order valence-electron chi connectivity index (χ1n) is 9.24. The number of nitrogens with zero attached hydrogens (tertiary/aromatic N) is 2. The molecule has 23 heavy (non-hydrogen) atoms. The van der Waals surface area contributed by atoms with Crippen LogP contribution < -0.4 is 5.32 Å². The van der Waals surface area contributed by atoms with E-state index in [4.69, 9.17) is 4.74 Å². The molecule has 2 saturated heterocycles. The quantitative estimate of drug-likeness (QED) is 0.854. The van der Waals surface area contributed by atoms with E-state index in [0.717, 1.165) is 58.1 Å². The third kappa shape index (κ3) is 4.54. The number of urea groups is 1. The fourth-order valence-corrected chi connectivity index (χ4v) is 5.04. The van der Waals surface area contributed by atoms with Gasteiger partial charge in [-0.3, -0.25) is 4.90 Å². The van der Waals surface area contributed by atoms with E-state index in [9.17, 15) is 4.79 Å². The van der Waals surface area contributed by atoms with Gasteiger partial charge in [0.25, 0.3) is 0 Å². The summed E-state index contributed by atoms with van der Waals surface area (Å²) in [5, 5.41) is 3.28. The highest BCUT2D eigenvalue weighted by Gasteiger charge is 2.39. The second-order valence-corrected chi connectivity index (χ2v) is 8.22. The molecule has 3 rings (SSSR count). The van der Waals surface area contributed by atoms with E-state index in [1.165, 1.54) is 37.9 Å². The van der Waals surface area contributed by atoms with Crippen molar-refractivity contribution in [2.45, 2.75) is 44.1 Å². The fourth-order valence-electron chi connectivity index (χ4n) is 4.15. The van der Waals surface area contributed by atoms with Crippen LogP contribution >= 0.6 is 11.8 Å². The van der Waals surface area contributed by atoms with Crippen molar-refractivity contribution in [3.63, 3.8) is 0 Å². The predicted molar refractivity (Wildman–Crippen MR) is 95.1 cm³/mol. The molecule has 1 N–H and O–H groups in total. The van der Waals surface area contributed by atoms with Gasteiger partial charge in [0, 0.05) is 44.0 Å². The van der Waals surface area contributed by atoms with Crippen molar-refractivity contribution in [3.05, 3.63) is 0 Å². The number of carbonyl (C=O) groups excluding carboxylic acids is 1. The van der Waals surface area contributed by atoms with Crippen LogP contribution in [-0.4, -0.2) is 78.8 Å². The summed E-state index contributed by atoms with van der Waals surface area (Å²) < 4.78 is 5.53. The first kappa shape index (κ1) is 17.4. The Morgan fingerprint density at radius 2 is 1.78 bits per heavy atom. The average Bonchev–Trinajstić information content (AvgIpc) is 2.91. The largest absolute Gasteiger partial charge is 0.379 e. The number of amides is 2. The Kier molecular flexibility index (Phi) is 6.48. The van der Waals surface area contributed by atoms with Crippen LogP contribution in [0.1, 0.15) is 38.5 Å². The lowest BCUT2D eigenvalue weighted by Gasteiger charge is -2.48. The van der Waals surface area contributed by atoms with Crippen molar-refractivity contribution < 1.29 is 9.53 Å². The summed E-state index contributed by atoms with van der Waals surface area (Å²) in [5.41, 5.74) is 0.165. The summed E-state index contributed by atoms with van der Waals surface area (Å²) in [7, 11) is 0. The van der Waals surface area contributed by atoms with Gasteiger partial charge in [0.05, 0.1) is 13.2 Å². The Morgan fingerprint density at radius 3 is 2.57 bits per heavy atom. The number of hydrogen-bond acceptors (Lipinski definition) is 4. The molecule has 1 saturated carbocycles. The number of ether oxygens (including phenoxy) is 1. The Bertz CT molecular complexity index is 374. The Hall–Kier alpha value is -0.460. The van der Waals surface area contributed by atoms with Crippen LogP contribution in [0.15, 0.2) is 0 Å². The lowest BCUT2D eigenvalue weighted by molar-refractivity contribution is -0.0360. The van der Waals surface area contributed by atoms with E-state index in [0.29, 0.717) is 0 Å². The number of thioether (sulfide) groups is 1. The highest BCUT2D eigenvalue weighted by Crippen LogP contribution is 2.33. The first-order valence-corrected chi connectivity index (χ1v) is 10.4. The summed E-state index contributed by atoms with van der Waals surface area (Å²) in [6.45, 7) is 6.28. The second-order valence-electron chi connectivity index (χ2n) is 7.00. The van der Waals surface area contributed by atoms with E-state index in [2.05, 4.69) is 10.2 Å². The van der Waals surface area contributed by atoms with E-state index in [-0.39, 0.29) is 11.6 Å². The monoisotopic (exact) mass is 341 g/mol. The molecular formula is C17H31N3O2S. The summed E-state index contributed by atoms with van der Waals surface area (Å²) >= 11 is 1.96. The number of hydrogen-bond donors (Lipinski definition) is 1. The molecule has 0 unspecified atom stereocenters. The highest BCUT2D eigenvalue weighted by molar-refractivity contribution is 7.99. The third-order valence-corrected chi connectivity index (χ3v) is 6.59. The molecule has 5 nitrogen and oxygen atoms in total. The van der Waals surface area contributed by atoms with Gasteiger partial charge in [0.1, 0.15) is 0 Å². The van der Waals surface area contributed by atoms with Gasteiger partial charge in [0.2, 0.25) is 0 Å². The van der Waals surface area contributed by atoms with Crippen LogP contribution in [0.25, 0.3) is 0 Å². The van der Waals surface area contributed by atoms with E-state index < -0.39 is 0 Å². The lowest BCUT2D eigenvalue weighted by Crippen LogP contribution is -2.60. The van der Waals surface area contributed by atoms with Crippen LogP contribution in [0.5, 0.6) is 0 Å². The van der Waals surface area contributed by atoms with Crippen molar-refractivity contribution in [3.8, 4) is 0 Å². The molecule has 3 aliphatic rings. The van der Waals surface area contributed by atoms with Crippen LogP contribution in [0, 0.1) is 0 Å². The molecule has 0 spiro atoms. The third-order valence-electron chi connectivity index (χ3n) is 5.54. The minimum Gasteiger partial charge on any atom is -0.379 e. The maximum absolute atomic E-state index is 12.6. The molecule has 0 bridgehead atoms. The van der Waals surface area contributed by atoms with Gasteiger partial charge in [0.15, 0.2) is 0 Å². The van der Waals surface area contributed by atoms with Gasteiger partial charge < -0.3 is 15.0 Å². The minimum atomic E-state index is 0.144. The summed E-state index contributed by atoms with van der Waals surface area (Å²) in [6, 6.07) is 0.144. The molecule has 2 amide bonds. The van der Waals surface area contributed by atoms with Gasteiger partial charge in [-0.05, 0) is 25.0 Å². The molecule has 1 aliphatic carbocycles. The molecule has 6 heteroatoms. The van der Waals surface area contributed by atoms with E-state index in [1.807, 2.05) is 16.7 Å². The van der Waals surface area contributed by atoms with Gasteiger partial charge in [-0.15, -0.1) is 0 Å². The zero-order valence-corrected chi connectivity index (χ0v) is 15.0. The molecule has 0 atom stereocenters. The highest BCUT2D eigenvalue weighted by atomic mass is 32.2. The molecule has 0 aromatic heterocycles. The molecule has 0 aromatic rings. The smallest absolute Gasteiger partial charge is 0.317 e. The van der Waals surface area contributed by atoms with Crippen molar-refractivity contribution >= 4 is 17.8 Å². The number of nitrogens with one attached hydrogen (secondary N) is 1. The zero-order valence-electron chi connectivity index (χ0n) is 14.2. The molecule has 0 aromatic carbocycles. The minimum absolute atomic E-state index is 0.144. The topological polar surface area (TPSA) is 44.8 Å². The maximum atomic E-state index is 12.6. The second kappa shape index (κ2) is 8.58. The van der Waals surface area contributed by atoms with Crippen molar-refractivity contribution in [1.82, 2.24) is 15.1 Å². The van der Waals surface area contributed by atoms with Gasteiger partial charge in [-0.25, -0.2) is 4.79 Å². The van der Waals surface area contributed by atoms with Crippen molar-refractivity contribution in [2.75, 3.05) is 57.4 Å². The first-order chi connectivity index (χ1) is 11.3. The number of morpholine rings is 1. The van der Waals surface area contributed by atoms with E-state index >= 15 is 0 Å². The summed E-state index contributed by atoms with van der Waals surface area (Å²) in [5.74, 6) is 2.25. The molecular weight excluding hydrogens is 310 g/mol. The summed E-state index contributed by atoms with van der Waals surface area (Å²) in [4.78, 5) is 17.2. The Morgan fingerprint density at radius 1 is 1.00 bits per heavy atom. The zero-order chi connectivity index (χ0) is 16.0. The van der Waals surface area contributed by atoms with Gasteiger partial charge in [-0.1, -0.05) is 19.3 Å². The van der Waals surface area contributed by atoms with Crippen LogP contribution in [0.2, 0.25) is 0 Å². The maximum Gasteiger partial charge on any atom is 0.317 e. The molecule has 2 aliphatic heterocycles. The Balaban J connectivity index is 1.58. The fraction of sp³-hybridized carbons (Fsp3) is 0.941. The van der Waals surface area contributed by atoms with Crippen LogP contribution in [0.3, 0.4) is 0 Å². The SMILES string of the molecule is O=C(NCC1(N2CCOCC2)CCCCC1)N1CCCSCC1. The lowest BCUT2D eigenvalue weighted by atomic mass is 9.80. The molecule has 2 heterocycles. The normalized spacial score (nSPS) is 26.5. The average molecular weight is 342 g/mol. The van der Waals surface area contributed by atoms with Crippen LogP contribution in [-0.2, 0) is 4.74 Å². The standard InChI is InChI=1S/C17H31N3O2S/c21-16(19-7-4-13-23-14-10-19)18-15-17(5-2-1-3-6-17)20-8-11-22-12-9-20/h1-15H2,(H,18,21). The number of rotatable bonds is 3. The van der Waals surface area contributed by atoms with E-state index in [1.54, 1.807) is 0 Å². The molecule has 132 valence electrons. The van der Waals surface area contributed by atoms with Crippen LogP contribution in [0.4, 0.5) is 4.79 Å². The number of carbonyl (C=O) groups is 1. The molecule has 0 radical (unpaired) electrons. The summed E-state index contributed by atoms with van der Waals surface area (Å²) in [6.07, 6.45) is 7.45. The Labute approximate surface area is 144 Å². The predicted octanol–water partition coefficient (Wildman–Crippen LogP) is 2.17. The van der Waals surface area contributed by atoms with Crippen molar-refractivity contribution in [2.24, 2.45) is 0 Å².